The Hall–Kier alpha value is -1.89. The number of rotatable bonds is 3. The molecule has 1 saturated heterocycles. The van der Waals surface area contributed by atoms with E-state index in [2.05, 4.69) is 9.71 Å². The first-order valence-electron chi connectivity index (χ1n) is 9.49. The molecule has 0 unspecified atom stereocenters. The third kappa shape index (κ3) is 3.37. The molecular formula is C19H25N3O3S. The van der Waals surface area contributed by atoms with Crippen LogP contribution in [-0.2, 0) is 14.8 Å². The van der Waals surface area contributed by atoms with Crippen molar-refractivity contribution in [2.24, 2.45) is 16.8 Å². The zero-order valence-corrected chi connectivity index (χ0v) is 15.7. The summed E-state index contributed by atoms with van der Waals surface area (Å²) in [5.74, 6) is 1.95. The number of hydrogen-bond acceptors (Lipinski definition) is 4. The Morgan fingerprint density at radius 3 is 2.77 bits per heavy atom. The summed E-state index contributed by atoms with van der Waals surface area (Å²) in [6.07, 6.45) is 6.64. The van der Waals surface area contributed by atoms with Gasteiger partial charge in [0, 0.05) is 25.1 Å². The van der Waals surface area contributed by atoms with Crippen molar-refractivity contribution in [1.82, 2.24) is 9.62 Å². The minimum Gasteiger partial charge on any atom is -0.342 e. The van der Waals surface area contributed by atoms with Crippen molar-refractivity contribution in [3.8, 4) is 0 Å². The maximum absolute atomic E-state index is 12.5. The maximum atomic E-state index is 12.5. The number of nitrogens with one attached hydrogen (secondary N) is 1. The molecule has 1 N–H and O–H groups in total. The van der Waals surface area contributed by atoms with Crippen LogP contribution in [0.25, 0.3) is 0 Å². The summed E-state index contributed by atoms with van der Waals surface area (Å²) >= 11 is 0. The lowest BCUT2D eigenvalue weighted by atomic mass is 9.75. The van der Waals surface area contributed by atoms with Gasteiger partial charge in [-0.3, -0.25) is 14.5 Å². The Kier molecular flexibility index (Phi) is 4.73. The molecule has 1 amide bonds. The van der Waals surface area contributed by atoms with Gasteiger partial charge in [0.15, 0.2) is 0 Å². The van der Waals surface area contributed by atoms with E-state index in [1.807, 2.05) is 4.90 Å². The number of carbonyl (C=O) groups excluding carboxylic acids is 1. The molecule has 1 saturated carbocycles. The number of piperidine rings is 1. The van der Waals surface area contributed by atoms with Crippen LogP contribution < -0.4 is 4.72 Å². The van der Waals surface area contributed by atoms with Crippen molar-refractivity contribution >= 4 is 21.8 Å². The average Bonchev–Trinajstić information content (AvgIpc) is 2.92. The number of likely N-dealkylation sites (tertiary alicyclic amines) is 1. The Labute approximate surface area is 154 Å². The Morgan fingerprint density at radius 2 is 1.92 bits per heavy atom. The molecular weight excluding hydrogens is 350 g/mol. The number of amidine groups is 1. The Bertz CT molecular complexity index is 834. The number of nitrogens with zero attached hydrogens (tertiary/aromatic N) is 2. The van der Waals surface area contributed by atoms with Gasteiger partial charge in [0.25, 0.3) is 10.0 Å². The van der Waals surface area contributed by atoms with Crippen LogP contribution in [0.3, 0.4) is 0 Å². The minimum atomic E-state index is -3.52. The molecule has 0 radical (unpaired) electrons. The summed E-state index contributed by atoms with van der Waals surface area (Å²) in [5.41, 5.74) is 0.586. The van der Waals surface area contributed by atoms with Gasteiger partial charge in [0.2, 0.25) is 5.91 Å². The molecule has 0 aromatic heterocycles. The summed E-state index contributed by atoms with van der Waals surface area (Å²) in [6, 6.07) is 6.79. The van der Waals surface area contributed by atoms with Gasteiger partial charge in [-0.1, -0.05) is 31.4 Å². The second-order valence-corrected chi connectivity index (χ2v) is 9.17. The summed E-state index contributed by atoms with van der Waals surface area (Å²) < 4.78 is 26.6. The van der Waals surface area contributed by atoms with E-state index in [1.54, 1.807) is 24.3 Å². The maximum Gasteiger partial charge on any atom is 0.263 e. The molecule has 1 aliphatic carbocycles. The second kappa shape index (κ2) is 7.02. The highest BCUT2D eigenvalue weighted by Crippen LogP contribution is 2.36. The van der Waals surface area contributed by atoms with Crippen LogP contribution in [0.4, 0.5) is 0 Å². The van der Waals surface area contributed by atoms with Crippen molar-refractivity contribution in [2.75, 3.05) is 19.6 Å². The normalized spacial score (nSPS) is 28.3. The molecule has 140 valence electrons. The predicted molar refractivity (Wildman–Crippen MR) is 99.4 cm³/mol. The van der Waals surface area contributed by atoms with Gasteiger partial charge in [0.05, 0.1) is 11.4 Å². The third-order valence-electron chi connectivity index (χ3n) is 5.90. The molecule has 7 heteroatoms. The lowest BCUT2D eigenvalue weighted by Gasteiger charge is -2.41. The third-order valence-corrected chi connectivity index (χ3v) is 7.30. The summed E-state index contributed by atoms with van der Waals surface area (Å²) in [4.78, 5) is 19.1. The van der Waals surface area contributed by atoms with E-state index in [9.17, 15) is 13.2 Å². The number of benzene rings is 1. The lowest BCUT2D eigenvalue weighted by molar-refractivity contribution is -0.134. The van der Waals surface area contributed by atoms with E-state index in [0.29, 0.717) is 30.3 Å². The van der Waals surface area contributed by atoms with Gasteiger partial charge in [-0.25, -0.2) is 8.42 Å². The first-order valence-corrected chi connectivity index (χ1v) is 11.0. The monoisotopic (exact) mass is 375 g/mol. The second-order valence-electron chi connectivity index (χ2n) is 7.52. The van der Waals surface area contributed by atoms with Crippen LogP contribution in [0.15, 0.2) is 34.2 Å². The number of hydrogen-bond donors (Lipinski definition) is 1. The highest BCUT2D eigenvalue weighted by Gasteiger charge is 2.33. The standard InChI is InChI=1S/C19H25N3O3S/c23-18(22-12-10-14-5-1-2-6-15(14)13-22)9-11-20-19-16-7-3-4-8-17(16)26(24,25)21-19/h3-4,7-8,14-15H,1-2,5-6,9-13H2,(H,20,21)/t14-,15+/m1/s1. The van der Waals surface area contributed by atoms with Crippen molar-refractivity contribution in [2.45, 2.75) is 43.4 Å². The summed E-state index contributed by atoms with van der Waals surface area (Å²) in [7, 11) is -3.52. The molecule has 2 atom stereocenters. The van der Waals surface area contributed by atoms with Gasteiger partial charge in [-0.2, -0.15) is 0 Å². The highest BCUT2D eigenvalue weighted by atomic mass is 32.2. The molecule has 2 heterocycles. The first-order chi connectivity index (χ1) is 12.5. The minimum absolute atomic E-state index is 0.132. The topological polar surface area (TPSA) is 78.8 Å². The number of sulfonamides is 1. The van der Waals surface area contributed by atoms with Crippen molar-refractivity contribution in [3.63, 3.8) is 0 Å². The fourth-order valence-electron chi connectivity index (χ4n) is 4.50. The van der Waals surface area contributed by atoms with Gasteiger partial charge in [-0.15, -0.1) is 0 Å². The zero-order chi connectivity index (χ0) is 18.1. The molecule has 6 nitrogen and oxygen atoms in total. The summed E-state index contributed by atoms with van der Waals surface area (Å²) in [6.45, 7) is 2.04. The van der Waals surface area contributed by atoms with Gasteiger partial charge in [0.1, 0.15) is 5.84 Å². The van der Waals surface area contributed by atoms with E-state index < -0.39 is 10.0 Å². The molecule has 1 aromatic rings. The lowest BCUT2D eigenvalue weighted by Crippen LogP contribution is -2.44. The van der Waals surface area contributed by atoms with Crippen molar-refractivity contribution < 1.29 is 13.2 Å². The van der Waals surface area contributed by atoms with Crippen molar-refractivity contribution in [1.29, 1.82) is 0 Å². The molecule has 26 heavy (non-hydrogen) atoms. The quantitative estimate of drug-likeness (QED) is 0.879. The molecule has 4 rings (SSSR count). The van der Waals surface area contributed by atoms with Gasteiger partial charge >= 0.3 is 0 Å². The number of fused-ring (bicyclic) bond motifs is 2. The van der Waals surface area contributed by atoms with Crippen molar-refractivity contribution in [3.05, 3.63) is 29.8 Å². The summed E-state index contributed by atoms with van der Waals surface area (Å²) in [5, 5.41) is 0. The zero-order valence-electron chi connectivity index (χ0n) is 14.9. The number of aliphatic imine (C=N–C) groups is 1. The fourth-order valence-corrected chi connectivity index (χ4v) is 5.75. The van der Waals surface area contributed by atoms with Crippen LogP contribution in [0.2, 0.25) is 0 Å². The van der Waals surface area contributed by atoms with Crippen LogP contribution in [0, 0.1) is 11.8 Å². The predicted octanol–water partition coefficient (Wildman–Crippen LogP) is 2.15. The molecule has 3 aliphatic rings. The molecule has 0 spiro atoms. The molecule has 1 aromatic carbocycles. The van der Waals surface area contributed by atoms with Crippen LogP contribution in [0.1, 0.15) is 44.1 Å². The molecule has 0 bridgehead atoms. The van der Waals surface area contributed by atoms with Gasteiger partial charge in [-0.05, 0) is 36.8 Å². The SMILES string of the molecule is O=C(CCN=C1NS(=O)(=O)c2ccccc21)N1CC[C@H]2CCCC[C@H]2C1. The first kappa shape index (κ1) is 17.5. The van der Waals surface area contributed by atoms with E-state index >= 15 is 0 Å². The Balaban J connectivity index is 1.36. The molecule has 2 aliphatic heterocycles. The number of carbonyl (C=O) groups is 1. The van der Waals surface area contributed by atoms with E-state index in [4.69, 9.17) is 0 Å². The van der Waals surface area contributed by atoms with E-state index in [-0.39, 0.29) is 10.8 Å². The van der Waals surface area contributed by atoms with E-state index in [0.717, 1.165) is 25.4 Å². The van der Waals surface area contributed by atoms with Crippen LogP contribution in [0.5, 0.6) is 0 Å². The average molecular weight is 375 g/mol. The highest BCUT2D eigenvalue weighted by molar-refractivity contribution is 7.90. The fraction of sp³-hybridized carbons (Fsp3) is 0.579. The van der Waals surface area contributed by atoms with Crippen LogP contribution in [-0.4, -0.2) is 44.7 Å². The van der Waals surface area contributed by atoms with Gasteiger partial charge < -0.3 is 4.90 Å². The smallest absolute Gasteiger partial charge is 0.263 e. The largest absolute Gasteiger partial charge is 0.342 e. The Morgan fingerprint density at radius 1 is 1.15 bits per heavy atom. The number of amides is 1. The van der Waals surface area contributed by atoms with E-state index in [1.165, 1.54) is 25.7 Å². The van der Waals surface area contributed by atoms with Crippen LogP contribution >= 0.6 is 0 Å². The molecule has 2 fully saturated rings.